The predicted octanol–water partition coefficient (Wildman–Crippen LogP) is 5.04. The van der Waals surface area contributed by atoms with Gasteiger partial charge in [0.2, 0.25) is 0 Å². The van der Waals surface area contributed by atoms with Crippen molar-refractivity contribution in [3.63, 3.8) is 0 Å². The lowest BCUT2D eigenvalue weighted by Gasteiger charge is -2.39. The number of rotatable bonds is 0. The van der Waals surface area contributed by atoms with Gasteiger partial charge in [-0.05, 0) is 85.3 Å². The van der Waals surface area contributed by atoms with Crippen LogP contribution in [-0.4, -0.2) is 0 Å². The molecule has 0 heteroatoms. The second kappa shape index (κ2) is 4.11. The molecular formula is C18H24. The van der Waals surface area contributed by atoms with Crippen molar-refractivity contribution in [3.8, 4) is 0 Å². The highest BCUT2D eigenvalue weighted by Crippen LogP contribution is 2.52. The van der Waals surface area contributed by atoms with Gasteiger partial charge in [-0.2, -0.15) is 0 Å². The summed E-state index contributed by atoms with van der Waals surface area (Å²) >= 11 is 0. The molecule has 4 atom stereocenters. The van der Waals surface area contributed by atoms with Crippen molar-refractivity contribution in [2.75, 3.05) is 0 Å². The summed E-state index contributed by atoms with van der Waals surface area (Å²) in [6, 6.07) is 0. The molecule has 0 saturated heterocycles. The van der Waals surface area contributed by atoms with Crippen LogP contribution in [0, 0.1) is 23.7 Å². The zero-order valence-corrected chi connectivity index (χ0v) is 11.5. The molecule has 96 valence electrons. The quantitative estimate of drug-likeness (QED) is 0.556. The SMILES string of the molecule is CC1C[C@@H]2[C@H](C=CC3=C4CCCC=C4CC[C@H]32)C1. The Kier molecular flexibility index (Phi) is 2.53. The summed E-state index contributed by atoms with van der Waals surface area (Å²) in [6.45, 7) is 2.45. The third kappa shape index (κ3) is 1.57. The zero-order chi connectivity index (χ0) is 12.1. The van der Waals surface area contributed by atoms with Gasteiger partial charge >= 0.3 is 0 Å². The van der Waals surface area contributed by atoms with Gasteiger partial charge in [-0.25, -0.2) is 0 Å². The maximum absolute atomic E-state index is 2.56. The summed E-state index contributed by atoms with van der Waals surface area (Å²) < 4.78 is 0. The molecule has 0 aromatic carbocycles. The van der Waals surface area contributed by atoms with Crippen LogP contribution in [0.15, 0.2) is 34.9 Å². The van der Waals surface area contributed by atoms with E-state index in [9.17, 15) is 0 Å². The van der Waals surface area contributed by atoms with Crippen molar-refractivity contribution in [1.82, 2.24) is 0 Å². The summed E-state index contributed by atoms with van der Waals surface area (Å²) in [5.74, 6) is 3.76. The van der Waals surface area contributed by atoms with Crippen molar-refractivity contribution < 1.29 is 0 Å². The molecule has 1 unspecified atom stereocenters. The summed E-state index contributed by atoms with van der Waals surface area (Å²) in [5, 5.41) is 0. The molecule has 0 radical (unpaired) electrons. The Bertz CT molecular complexity index is 449. The second-order valence-electron chi connectivity index (χ2n) is 6.96. The fourth-order valence-corrected chi connectivity index (χ4v) is 5.07. The first-order chi connectivity index (χ1) is 8.83. The molecule has 1 saturated carbocycles. The van der Waals surface area contributed by atoms with Crippen LogP contribution in [0.5, 0.6) is 0 Å². The third-order valence-electron chi connectivity index (χ3n) is 5.82. The summed E-state index contributed by atoms with van der Waals surface area (Å²) in [5.41, 5.74) is 5.22. The van der Waals surface area contributed by atoms with Gasteiger partial charge in [0.1, 0.15) is 0 Å². The molecule has 0 bridgehead atoms. The van der Waals surface area contributed by atoms with Gasteiger partial charge in [0, 0.05) is 0 Å². The monoisotopic (exact) mass is 240 g/mol. The molecule has 0 nitrogen and oxygen atoms in total. The molecule has 4 rings (SSSR count). The van der Waals surface area contributed by atoms with Crippen LogP contribution in [0.1, 0.15) is 51.9 Å². The zero-order valence-electron chi connectivity index (χ0n) is 11.5. The molecule has 0 aromatic rings. The lowest BCUT2D eigenvalue weighted by Crippen LogP contribution is -2.27. The van der Waals surface area contributed by atoms with E-state index in [-0.39, 0.29) is 0 Å². The molecule has 0 aliphatic heterocycles. The van der Waals surface area contributed by atoms with Crippen LogP contribution < -0.4 is 0 Å². The Balaban J connectivity index is 1.76. The summed E-state index contributed by atoms with van der Waals surface area (Å²) in [6.07, 6.45) is 17.4. The number of hydrogen-bond donors (Lipinski definition) is 0. The van der Waals surface area contributed by atoms with Gasteiger partial charge < -0.3 is 0 Å². The van der Waals surface area contributed by atoms with Crippen LogP contribution in [0.4, 0.5) is 0 Å². The van der Waals surface area contributed by atoms with E-state index >= 15 is 0 Å². The van der Waals surface area contributed by atoms with Crippen LogP contribution in [0.2, 0.25) is 0 Å². The van der Waals surface area contributed by atoms with E-state index in [1.54, 1.807) is 16.7 Å². The average molecular weight is 240 g/mol. The van der Waals surface area contributed by atoms with Crippen LogP contribution in [0.25, 0.3) is 0 Å². The van der Waals surface area contributed by atoms with Crippen molar-refractivity contribution in [1.29, 1.82) is 0 Å². The van der Waals surface area contributed by atoms with Crippen molar-refractivity contribution in [3.05, 3.63) is 34.9 Å². The molecule has 0 spiro atoms. The van der Waals surface area contributed by atoms with E-state index in [4.69, 9.17) is 0 Å². The standard InChI is InChI=1S/C18H24/c1-12-10-14-7-9-16-15-5-3-2-4-13(15)6-8-17(16)18(14)11-12/h4,7,9,12,14,17-18H,2-3,5-6,8,10-11H2,1H3/t12?,14-,17-,18-/m1/s1. The average Bonchev–Trinajstić information content (AvgIpc) is 2.79. The van der Waals surface area contributed by atoms with Crippen molar-refractivity contribution in [2.24, 2.45) is 23.7 Å². The Morgan fingerprint density at radius 1 is 1.17 bits per heavy atom. The first-order valence-corrected chi connectivity index (χ1v) is 7.93. The van der Waals surface area contributed by atoms with E-state index in [2.05, 4.69) is 25.2 Å². The molecule has 0 amide bonds. The van der Waals surface area contributed by atoms with Gasteiger partial charge in [-0.1, -0.05) is 25.2 Å². The molecule has 18 heavy (non-hydrogen) atoms. The Labute approximate surface area is 111 Å². The fraction of sp³-hybridized carbons (Fsp3) is 0.667. The molecule has 4 aliphatic carbocycles. The second-order valence-corrected chi connectivity index (χ2v) is 6.96. The number of hydrogen-bond acceptors (Lipinski definition) is 0. The van der Waals surface area contributed by atoms with Crippen molar-refractivity contribution in [2.45, 2.75) is 51.9 Å². The first kappa shape index (κ1) is 11.1. The predicted molar refractivity (Wildman–Crippen MR) is 76.2 cm³/mol. The molecule has 1 fully saturated rings. The lowest BCUT2D eigenvalue weighted by atomic mass is 9.66. The molecule has 0 heterocycles. The van der Waals surface area contributed by atoms with Gasteiger partial charge in [0.05, 0.1) is 0 Å². The van der Waals surface area contributed by atoms with Crippen molar-refractivity contribution >= 4 is 0 Å². The van der Waals surface area contributed by atoms with Crippen LogP contribution >= 0.6 is 0 Å². The third-order valence-corrected chi connectivity index (χ3v) is 5.82. The Hall–Kier alpha value is -0.780. The topological polar surface area (TPSA) is 0 Å². The van der Waals surface area contributed by atoms with Gasteiger partial charge in [-0.3, -0.25) is 0 Å². The maximum Gasteiger partial charge on any atom is -0.0122 e. The molecule has 0 aromatic heterocycles. The minimum Gasteiger partial charge on any atom is -0.0810 e. The van der Waals surface area contributed by atoms with Crippen LogP contribution in [-0.2, 0) is 0 Å². The molecule has 4 aliphatic rings. The minimum atomic E-state index is 0.906. The summed E-state index contributed by atoms with van der Waals surface area (Å²) in [4.78, 5) is 0. The van der Waals surface area contributed by atoms with E-state index in [0.717, 1.165) is 23.7 Å². The Morgan fingerprint density at radius 3 is 3.06 bits per heavy atom. The minimum absolute atomic E-state index is 0.906. The lowest BCUT2D eigenvalue weighted by molar-refractivity contribution is 0.299. The highest BCUT2D eigenvalue weighted by Gasteiger charge is 2.41. The first-order valence-electron chi connectivity index (χ1n) is 7.93. The van der Waals surface area contributed by atoms with Gasteiger partial charge in [-0.15, -0.1) is 0 Å². The van der Waals surface area contributed by atoms with Crippen LogP contribution in [0.3, 0.4) is 0 Å². The smallest absolute Gasteiger partial charge is 0.0122 e. The number of fused-ring (bicyclic) bond motifs is 4. The van der Waals surface area contributed by atoms with E-state index in [1.807, 2.05) is 0 Å². The Morgan fingerprint density at radius 2 is 2.11 bits per heavy atom. The van der Waals surface area contributed by atoms with Gasteiger partial charge in [0.15, 0.2) is 0 Å². The normalized spacial score (nSPS) is 42.2. The summed E-state index contributed by atoms with van der Waals surface area (Å²) in [7, 11) is 0. The maximum atomic E-state index is 2.56. The van der Waals surface area contributed by atoms with Gasteiger partial charge in [0.25, 0.3) is 0 Å². The largest absolute Gasteiger partial charge is 0.0810 e. The van der Waals surface area contributed by atoms with E-state index in [1.165, 1.54) is 44.9 Å². The molecule has 0 N–H and O–H groups in total. The van der Waals surface area contributed by atoms with E-state index in [0.29, 0.717) is 0 Å². The fourth-order valence-electron chi connectivity index (χ4n) is 5.07. The molecular weight excluding hydrogens is 216 g/mol. The number of allylic oxidation sites excluding steroid dienone is 6. The van der Waals surface area contributed by atoms with E-state index < -0.39 is 0 Å². The highest BCUT2D eigenvalue weighted by atomic mass is 14.5. The highest BCUT2D eigenvalue weighted by molar-refractivity contribution is 5.47.